The van der Waals surface area contributed by atoms with Crippen LogP contribution in [0.4, 0.5) is 5.69 Å². The van der Waals surface area contributed by atoms with Crippen molar-refractivity contribution >= 4 is 41.5 Å². The first kappa shape index (κ1) is 23.4. The third-order valence-corrected chi connectivity index (χ3v) is 5.99. The van der Waals surface area contributed by atoms with Gasteiger partial charge in [-0.15, -0.1) is 24.0 Å². The summed E-state index contributed by atoms with van der Waals surface area (Å²) in [4.78, 5) is 25.1. The molecule has 1 N–H and O–H groups in total. The summed E-state index contributed by atoms with van der Waals surface area (Å²) in [6.07, 6.45) is 7.72. The Morgan fingerprint density at radius 3 is 2.97 bits per heavy atom. The molecule has 2 atom stereocenters. The number of guanidine groups is 1. The highest BCUT2D eigenvalue weighted by molar-refractivity contribution is 14.0. The van der Waals surface area contributed by atoms with Gasteiger partial charge in [0.2, 0.25) is 0 Å². The number of fused-ring (bicyclic) bond motifs is 1. The molecule has 1 aromatic carbocycles. The van der Waals surface area contributed by atoms with Crippen molar-refractivity contribution in [3.05, 3.63) is 43.0 Å². The van der Waals surface area contributed by atoms with Crippen molar-refractivity contribution in [2.45, 2.75) is 25.8 Å². The van der Waals surface area contributed by atoms with E-state index in [0.29, 0.717) is 18.5 Å². The Kier molecular flexibility index (Phi) is 8.16. The highest BCUT2D eigenvalue weighted by Crippen LogP contribution is 2.31. The van der Waals surface area contributed by atoms with Gasteiger partial charge in [0.15, 0.2) is 12.6 Å². The van der Waals surface area contributed by atoms with Crippen LogP contribution in [0.15, 0.2) is 48.0 Å². The van der Waals surface area contributed by atoms with Gasteiger partial charge in [-0.1, -0.05) is 19.1 Å². The summed E-state index contributed by atoms with van der Waals surface area (Å²) in [6, 6.07) is 8.09. The van der Waals surface area contributed by atoms with Gasteiger partial charge in [0.05, 0.1) is 18.1 Å². The number of halogens is 1. The Balaban J connectivity index is 0.00000272. The van der Waals surface area contributed by atoms with E-state index in [1.54, 1.807) is 0 Å². The van der Waals surface area contributed by atoms with Gasteiger partial charge in [0.1, 0.15) is 5.75 Å². The molecule has 1 amide bonds. The van der Waals surface area contributed by atoms with Gasteiger partial charge in [-0.05, 0) is 30.9 Å². The Morgan fingerprint density at radius 1 is 1.35 bits per heavy atom. The van der Waals surface area contributed by atoms with Gasteiger partial charge in [-0.3, -0.25) is 9.79 Å². The van der Waals surface area contributed by atoms with Crippen LogP contribution in [0.25, 0.3) is 0 Å². The summed E-state index contributed by atoms with van der Waals surface area (Å²) in [7, 11) is 1.83. The predicted molar refractivity (Wildman–Crippen MR) is 132 cm³/mol. The molecule has 0 aliphatic carbocycles. The topological polar surface area (TPSA) is 75.0 Å². The van der Waals surface area contributed by atoms with E-state index in [9.17, 15) is 4.79 Å². The summed E-state index contributed by atoms with van der Waals surface area (Å²) in [5.41, 5.74) is 0.853. The maximum atomic E-state index is 12.3. The maximum absolute atomic E-state index is 12.3. The number of hydrogen-bond donors (Lipinski definition) is 1. The van der Waals surface area contributed by atoms with Crippen molar-refractivity contribution in [1.82, 2.24) is 19.8 Å². The van der Waals surface area contributed by atoms with Crippen molar-refractivity contribution in [1.29, 1.82) is 0 Å². The molecule has 2 unspecified atom stereocenters. The van der Waals surface area contributed by atoms with Gasteiger partial charge in [-0.2, -0.15) is 0 Å². The minimum absolute atomic E-state index is 0. The van der Waals surface area contributed by atoms with Gasteiger partial charge < -0.3 is 24.4 Å². The monoisotopic (exact) mass is 538 g/mol. The predicted octanol–water partition coefficient (Wildman–Crippen LogP) is 2.78. The number of rotatable bonds is 5. The molecule has 0 spiro atoms. The minimum Gasteiger partial charge on any atom is -0.482 e. The van der Waals surface area contributed by atoms with E-state index in [2.05, 4.69) is 31.7 Å². The number of carbonyl (C=O) groups is 1. The number of para-hydroxylation sites is 2. The van der Waals surface area contributed by atoms with Gasteiger partial charge in [-0.25, -0.2) is 4.98 Å². The second-order valence-electron chi connectivity index (χ2n) is 7.92. The fourth-order valence-electron chi connectivity index (χ4n) is 4.26. The first-order valence-electron chi connectivity index (χ1n) is 10.6. The second-order valence-corrected chi connectivity index (χ2v) is 7.92. The number of likely N-dealkylation sites (tertiary alicyclic amines) is 1. The molecule has 2 aliphatic rings. The van der Waals surface area contributed by atoms with Gasteiger partial charge in [0, 0.05) is 45.6 Å². The van der Waals surface area contributed by atoms with Gasteiger partial charge >= 0.3 is 0 Å². The van der Waals surface area contributed by atoms with Crippen LogP contribution in [0.1, 0.15) is 25.8 Å². The van der Waals surface area contributed by atoms with Crippen LogP contribution < -0.4 is 15.0 Å². The van der Waals surface area contributed by atoms with E-state index in [-0.39, 0.29) is 36.5 Å². The molecule has 0 bridgehead atoms. The van der Waals surface area contributed by atoms with E-state index >= 15 is 0 Å². The quantitative estimate of drug-likeness (QED) is 0.275. The van der Waals surface area contributed by atoms with Crippen LogP contribution >= 0.6 is 24.0 Å². The summed E-state index contributed by atoms with van der Waals surface area (Å²) < 4.78 is 7.72. The largest absolute Gasteiger partial charge is 0.482 e. The lowest BCUT2D eigenvalue weighted by molar-refractivity contribution is -0.121. The normalized spacial score (nSPS) is 21.2. The van der Waals surface area contributed by atoms with E-state index in [4.69, 9.17) is 4.74 Å². The third-order valence-electron chi connectivity index (χ3n) is 5.99. The zero-order valence-corrected chi connectivity index (χ0v) is 20.4. The van der Waals surface area contributed by atoms with Crippen LogP contribution in [0.5, 0.6) is 5.75 Å². The van der Waals surface area contributed by atoms with Gasteiger partial charge in [0.25, 0.3) is 5.91 Å². The van der Waals surface area contributed by atoms with Crippen molar-refractivity contribution in [3.63, 3.8) is 0 Å². The number of nitrogens with zero attached hydrogens (tertiary/aromatic N) is 5. The summed E-state index contributed by atoms with van der Waals surface area (Å²) >= 11 is 0. The highest BCUT2D eigenvalue weighted by atomic mass is 127. The average molecular weight is 538 g/mol. The highest BCUT2D eigenvalue weighted by Gasteiger charge is 2.29. The lowest BCUT2D eigenvalue weighted by Gasteiger charge is -2.39. The number of nitrogens with one attached hydrogen (secondary N) is 1. The molecule has 1 saturated heterocycles. The van der Waals surface area contributed by atoms with E-state index in [0.717, 1.165) is 49.9 Å². The molecule has 2 aromatic rings. The lowest BCUT2D eigenvalue weighted by Crippen LogP contribution is -2.49. The van der Waals surface area contributed by atoms with Crippen LogP contribution in [-0.2, 0) is 4.79 Å². The Hall–Kier alpha value is -2.30. The number of benzene rings is 1. The molecular formula is C22H31IN6O2. The number of anilines is 1. The van der Waals surface area contributed by atoms with E-state index < -0.39 is 0 Å². The molecular weight excluding hydrogens is 507 g/mol. The maximum Gasteiger partial charge on any atom is 0.265 e. The molecule has 1 fully saturated rings. The molecule has 1 aromatic heterocycles. The number of carbonyl (C=O) groups excluding carboxylic acids is 1. The summed E-state index contributed by atoms with van der Waals surface area (Å²) in [5, 5.41) is 3.48. The Morgan fingerprint density at radius 2 is 2.19 bits per heavy atom. The second kappa shape index (κ2) is 10.8. The molecule has 168 valence electrons. The first-order chi connectivity index (χ1) is 14.7. The summed E-state index contributed by atoms with van der Waals surface area (Å²) in [5.74, 6) is 2.29. The number of imidazole rings is 1. The SMILES string of the molecule is CN=C(NCCCN1C(=O)COc2ccccc21)N1CCC(C)C(n2ccnc2)C1.I. The Bertz CT molecular complexity index is 888. The molecule has 9 heteroatoms. The van der Waals surface area contributed by atoms with Crippen molar-refractivity contribution in [2.75, 3.05) is 44.7 Å². The van der Waals surface area contributed by atoms with Crippen LogP contribution in [0.3, 0.4) is 0 Å². The van der Waals surface area contributed by atoms with Crippen LogP contribution in [-0.4, -0.2) is 66.2 Å². The van der Waals surface area contributed by atoms with Crippen molar-refractivity contribution in [2.24, 2.45) is 10.9 Å². The number of ether oxygens (including phenoxy) is 1. The number of piperidine rings is 1. The fourth-order valence-corrected chi connectivity index (χ4v) is 4.26. The fraction of sp³-hybridized carbons (Fsp3) is 0.500. The first-order valence-corrected chi connectivity index (χ1v) is 10.6. The molecule has 3 heterocycles. The number of hydrogen-bond acceptors (Lipinski definition) is 4. The molecule has 31 heavy (non-hydrogen) atoms. The molecule has 8 nitrogen and oxygen atoms in total. The average Bonchev–Trinajstić information content (AvgIpc) is 3.30. The Labute approximate surface area is 200 Å². The molecule has 4 rings (SSSR count). The van der Waals surface area contributed by atoms with E-state index in [1.165, 1.54) is 0 Å². The number of amides is 1. The van der Waals surface area contributed by atoms with Crippen LogP contribution in [0, 0.1) is 5.92 Å². The number of aromatic nitrogens is 2. The summed E-state index contributed by atoms with van der Waals surface area (Å²) in [6.45, 7) is 5.70. The third kappa shape index (κ3) is 5.31. The van der Waals surface area contributed by atoms with Crippen molar-refractivity contribution in [3.8, 4) is 5.75 Å². The molecule has 0 saturated carbocycles. The van der Waals surface area contributed by atoms with E-state index in [1.807, 2.05) is 54.9 Å². The zero-order chi connectivity index (χ0) is 20.9. The minimum atomic E-state index is 0. The van der Waals surface area contributed by atoms with Crippen LogP contribution in [0.2, 0.25) is 0 Å². The number of aliphatic imine (C=N–C) groups is 1. The standard InChI is InChI=1S/C22H30N6O2.HI/c1-17-8-12-26(14-19(17)27-13-10-24-16-27)22(23-2)25-9-5-11-28-18-6-3-4-7-20(18)30-15-21(28)29;/h3-4,6-7,10,13,16-17,19H,5,8-9,11-12,14-15H2,1-2H3,(H,23,25);1H. The molecule has 0 radical (unpaired) electrons. The lowest BCUT2D eigenvalue weighted by atomic mass is 9.93. The smallest absolute Gasteiger partial charge is 0.265 e. The zero-order valence-electron chi connectivity index (χ0n) is 18.1. The van der Waals surface area contributed by atoms with Crippen molar-refractivity contribution < 1.29 is 9.53 Å². The molecule has 2 aliphatic heterocycles.